The lowest BCUT2D eigenvalue weighted by atomic mass is 9.87. The van der Waals surface area contributed by atoms with E-state index in [9.17, 15) is 14.0 Å². The maximum absolute atomic E-state index is 14.5. The summed E-state index contributed by atoms with van der Waals surface area (Å²) in [5.41, 5.74) is 4.09. The summed E-state index contributed by atoms with van der Waals surface area (Å²) < 4.78 is 34.0. The van der Waals surface area contributed by atoms with Crippen LogP contribution in [-0.4, -0.2) is 53.3 Å². The molecule has 1 aromatic heterocycles. The fourth-order valence-corrected chi connectivity index (χ4v) is 5.51. The van der Waals surface area contributed by atoms with Crippen LogP contribution in [0.3, 0.4) is 0 Å². The molecule has 0 aliphatic carbocycles. The van der Waals surface area contributed by atoms with E-state index >= 15 is 0 Å². The van der Waals surface area contributed by atoms with Crippen molar-refractivity contribution >= 4 is 11.8 Å². The Bertz CT molecular complexity index is 1680. The van der Waals surface area contributed by atoms with E-state index in [1.54, 1.807) is 18.0 Å². The molecule has 8 bridgehead atoms. The van der Waals surface area contributed by atoms with E-state index in [1.807, 2.05) is 55.3 Å². The Morgan fingerprint density at radius 1 is 1.12 bits per heavy atom. The molecule has 10 heteroatoms. The number of nitrogens with one attached hydrogen (secondary N) is 1. The summed E-state index contributed by atoms with van der Waals surface area (Å²) in [6.07, 6.45) is 2.70. The van der Waals surface area contributed by atoms with E-state index in [2.05, 4.69) is 10.4 Å². The Morgan fingerprint density at radius 3 is 2.71 bits per heavy atom. The number of rotatable bonds is 2. The second-order valence-electron chi connectivity index (χ2n) is 10.4. The molecule has 2 amide bonds. The van der Waals surface area contributed by atoms with Gasteiger partial charge in [-0.05, 0) is 78.9 Å². The van der Waals surface area contributed by atoms with Gasteiger partial charge in [0.15, 0.2) is 11.5 Å². The van der Waals surface area contributed by atoms with Gasteiger partial charge in [0.2, 0.25) is 0 Å². The van der Waals surface area contributed by atoms with Crippen LogP contribution in [0, 0.1) is 12.7 Å². The molecule has 42 heavy (non-hydrogen) atoms. The van der Waals surface area contributed by atoms with Crippen molar-refractivity contribution in [3.8, 4) is 23.0 Å². The van der Waals surface area contributed by atoms with Crippen molar-refractivity contribution in [1.82, 2.24) is 20.0 Å². The maximum Gasteiger partial charge on any atom is 0.258 e. The fraction of sp³-hybridized carbons (Fsp3) is 0.281. The highest BCUT2D eigenvalue weighted by molar-refractivity contribution is 5.96. The van der Waals surface area contributed by atoms with Gasteiger partial charge >= 0.3 is 0 Å². The number of nitrogens with zero attached hydrogens (tertiary/aromatic N) is 3. The van der Waals surface area contributed by atoms with Crippen molar-refractivity contribution < 1.29 is 28.2 Å². The van der Waals surface area contributed by atoms with Gasteiger partial charge in [0.25, 0.3) is 11.8 Å². The molecule has 1 atom stereocenters. The zero-order valence-electron chi connectivity index (χ0n) is 23.6. The van der Waals surface area contributed by atoms with Gasteiger partial charge in [0.05, 0.1) is 37.1 Å². The number of hydrogen-bond donors (Lipinski definition) is 1. The van der Waals surface area contributed by atoms with Crippen molar-refractivity contribution in [2.24, 2.45) is 7.05 Å². The van der Waals surface area contributed by atoms with Crippen molar-refractivity contribution in [2.45, 2.75) is 25.8 Å². The van der Waals surface area contributed by atoms with Crippen LogP contribution in [0.5, 0.6) is 23.0 Å². The Balaban J connectivity index is 1.47. The first-order chi connectivity index (χ1) is 20.3. The Kier molecular flexibility index (Phi) is 7.28. The van der Waals surface area contributed by atoms with E-state index in [0.29, 0.717) is 47.9 Å². The minimum absolute atomic E-state index is 0.0956. The highest BCUT2D eigenvalue weighted by Crippen LogP contribution is 2.41. The number of carbonyl (C=O) groups excluding carboxylic acids is 2. The van der Waals surface area contributed by atoms with Crippen molar-refractivity contribution in [1.29, 1.82) is 0 Å². The molecule has 9 nitrogen and oxygen atoms in total. The third kappa shape index (κ3) is 5.04. The molecule has 4 heterocycles. The van der Waals surface area contributed by atoms with E-state index in [0.717, 1.165) is 22.4 Å². The summed E-state index contributed by atoms with van der Waals surface area (Å²) in [6, 6.07) is 15.1. The van der Waals surface area contributed by atoms with Gasteiger partial charge in [-0.2, -0.15) is 5.10 Å². The monoisotopic (exact) mass is 570 g/mol. The van der Waals surface area contributed by atoms with Gasteiger partial charge in [-0.15, -0.1) is 0 Å². The molecule has 3 aliphatic rings. The van der Waals surface area contributed by atoms with Crippen LogP contribution in [0.25, 0.3) is 0 Å². The van der Waals surface area contributed by atoms with Crippen LogP contribution in [0.15, 0.2) is 60.8 Å². The lowest BCUT2D eigenvalue weighted by molar-refractivity contribution is 0.0693. The summed E-state index contributed by atoms with van der Waals surface area (Å²) >= 11 is 0. The van der Waals surface area contributed by atoms with Gasteiger partial charge in [-0.3, -0.25) is 14.3 Å². The number of ether oxygens (including phenoxy) is 3. The average molecular weight is 571 g/mol. The lowest BCUT2D eigenvalue weighted by Crippen LogP contribution is -2.40. The van der Waals surface area contributed by atoms with Crippen LogP contribution in [0.1, 0.15) is 55.6 Å². The number of amides is 2. The van der Waals surface area contributed by atoms with Crippen LogP contribution >= 0.6 is 0 Å². The van der Waals surface area contributed by atoms with Crippen molar-refractivity contribution in [2.75, 3.05) is 26.8 Å². The predicted octanol–water partition coefficient (Wildman–Crippen LogP) is 4.97. The highest BCUT2D eigenvalue weighted by Gasteiger charge is 2.34. The van der Waals surface area contributed by atoms with Crippen molar-refractivity contribution in [3.05, 3.63) is 100 Å². The second kappa shape index (κ2) is 11.2. The largest absolute Gasteiger partial charge is 0.493 e. The first-order valence-corrected chi connectivity index (χ1v) is 13.8. The second-order valence-corrected chi connectivity index (χ2v) is 10.4. The molecule has 0 saturated carbocycles. The summed E-state index contributed by atoms with van der Waals surface area (Å²) in [5, 5.41) is 7.04. The third-order valence-electron chi connectivity index (χ3n) is 7.86. The quantitative estimate of drug-likeness (QED) is 0.366. The molecule has 0 radical (unpaired) electrons. The van der Waals surface area contributed by atoms with E-state index < -0.39 is 17.8 Å². The first kappa shape index (κ1) is 27.3. The zero-order chi connectivity index (χ0) is 29.4. The molecule has 1 N–H and O–H groups in total. The summed E-state index contributed by atoms with van der Waals surface area (Å²) in [6.45, 7) is 2.92. The standard InChI is InChI=1S/C32H31FN4O5/c1-19-26(18-35-36(19)2)32(39)37-13-11-20-15-22-6-8-24(20)30(37)21-5-10-28(40-3)29(16-21)41-14-4-12-34-31(38)25-17-23(42-22)7-9-27(25)33/h5-10,15-18,30H,4,11-14H2,1-3H3,(H,34,38). The number of methoxy groups -OCH3 is 1. The Hall–Kier alpha value is -4.86. The Morgan fingerprint density at radius 2 is 1.93 bits per heavy atom. The number of aryl methyl sites for hydroxylation is 1. The molecule has 0 saturated heterocycles. The summed E-state index contributed by atoms with van der Waals surface area (Å²) in [4.78, 5) is 28.6. The molecule has 7 rings (SSSR count). The van der Waals surface area contributed by atoms with Crippen LogP contribution in [0.4, 0.5) is 4.39 Å². The van der Waals surface area contributed by atoms with E-state index in [4.69, 9.17) is 14.2 Å². The van der Waals surface area contributed by atoms with Gasteiger partial charge in [-0.1, -0.05) is 12.1 Å². The first-order valence-electron chi connectivity index (χ1n) is 13.8. The number of hydrogen-bond acceptors (Lipinski definition) is 6. The fourth-order valence-electron chi connectivity index (χ4n) is 5.51. The number of halogens is 1. The topological polar surface area (TPSA) is 94.9 Å². The van der Waals surface area contributed by atoms with Gasteiger partial charge in [-0.25, -0.2) is 4.39 Å². The molecule has 3 aliphatic heterocycles. The molecule has 0 fully saturated rings. The molecular weight excluding hydrogens is 539 g/mol. The van der Waals surface area contributed by atoms with Gasteiger partial charge in [0, 0.05) is 25.8 Å². The lowest BCUT2D eigenvalue weighted by Gasteiger charge is -2.38. The molecule has 3 aromatic carbocycles. The molecule has 0 spiro atoms. The number of aromatic nitrogens is 2. The normalized spacial score (nSPS) is 16.5. The van der Waals surface area contributed by atoms with Crippen LogP contribution in [-0.2, 0) is 13.5 Å². The number of benzene rings is 3. The van der Waals surface area contributed by atoms with Gasteiger partial charge in [0.1, 0.15) is 17.3 Å². The minimum atomic E-state index is -0.631. The van der Waals surface area contributed by atoms with E-state index in [-0.39, 0.29) is 24.6 Å². The smallest absolute Gasteiger partial charge is 0.258 e. The average Bonchev–Trinajstić information content (AvgIpc) is 3.33. The van der Waals surface area contributed by atoms with Crippen LogP contribution in [0.2, 0.25) is 0 Å². The highest BCUT2D eigenvalue weighted by atomic mass is 19.1. The third-order valence-corrected chi connectivity index (χ3v) is 7.86. The summed E-state index contributed by atoms with van der Waals surface area (Å²) in [5.74, 6) is 0.714. The summed E-state index contributed by atoms with van der Waals surface area (Å²) in [7, 11) is 3.39. The van der Waals surface area contributed by atoms with Crippen LogP contribution < -0.4 is 19.5 Å². The molecule has 4 aromatic rings. The maximum atomic E-state index is 14.5. The SMILES string of the molecule is COc1ccc2cc1OCCCNC(=O)c1cc(ccc1F)Oc1ccc3c(c1)CCN(C(=O)c1cnn(C)c1C)C23. The molecular formula is C32H31FN4O5. The van der Waals surface area contributed by atoms with Gasteiger partial charge < -0.3 is 24.4 Å². The minimum Gasteiger partial charge on any atom is -0.493 e. The predicted molar refractivity (Wildman–Crippen MR) is 153 cm³/mol. The van der Waals surface area contributed by atoms with E-state index in [1.165, 1.54) is 18.2 Å². The zero-order valence-corrected chi connectivity index (χ0v) is 23.6. The number of carbonyl (C=O) groups is 2. The molecule has 1 unspecified atom stereocenters. The number of fused-ring (bicyclic) bond motifs is 6. The Labute approximate surface area is 242 Å². The molecule has 216 valence electrons. The van der Waals surface area contributed by atoms with Crippen molar-refractivity contribution in [3.63, 3.8) is 0 Å².